The molecule has 30 heavy (non-hydrogen) atoms. The van der Waals surface area contributed by atoms with Gasteiger partial charge in [-0.1, -0.05) is 17.3 Å². The summed E-state index contributed by atoms with van der Waals surface area (Å²) < 4.78 is 10.4. The maximum atomic E-state index is 12.1. The first-order valence-electron chi connectivity index (χ1n) is 9.50. The lowest BCUT2D eigenvalue weighted by Crippen LogP contribution is -2.23. The van der Waals surface area contributed by atoms with Gasteiger partial charge in [-0.05, 0) is 42.0 Å². The zero-order valence-corrected chi connectivity index (χ0v) is 17.2. The molecule has 3 rings (SSSR count). The zero-order chi connectivity index (χ0) is 21.5. The number of rotatable bonds is 8. The van der Waals surface area contributed by atoms with Gasteiger partial charge in [0, 0.05) is 44.6 Å². The van der Waals surface area contributed by atoms with Gasteiger partial charge in [0.1, 0.15) is 5.75 Å². The van der Waals surface area contributed by atoms with E-state index in [1.165, 1.54) is 4.90 Å². The van der Waals surface area contributed by atoms with E-state index in [1.54, 1.807) is 33.3 Å². The zero-order valence-electron chi connectivity index (χ0n) is 17.2. The van der Waals surface area contributed by atoms with Crippen LogP contribution in [0.25, 0.3) is 11.4 Å². The predicted octanol–water partition coefficient (Wildman–Crippen LogP) is 2.70. The van der Waals surface area contributed by atoms with Crippen molar-refractivity contribution in [3.05, 3.63) is 65.5 Å². The molecule has 1 aromatic heterocycles. The first kappa shape index (κ1) is 21.0. The number of benzene rings is 2. The Morgan fingerprint density at radius 1 is 1.07 bits per heavy atom. The topological polar surface area (TPSA) is 97.6 Å². The molecule has 0 fully saturated rings. The number of carbonyl (C=O) groups is 2. The number of aromatic nitrogens is 2. The molecule has 0 spiro atoms. The fraction of sp³-hybridized carbons (Fsp3) is 0.273. The molecular formula is C22H24N4O4. The number of amides is 2. The number of nitrogens with zero attached hydrogens (tertiary/aromatic N) is 3. The summed E-state index contributed by atoms with van der Waals surface area (Å²) in [7, 11) is 5.02. The van der Waals surface area contributed by atoms with Crippen molar-refractivity contribution in [1.82, 2.24) is 20.4 Å². The Balaban J connectivity index is 1.47. The van der Waals surface area contributed by atoms with E-state index in [4.69, 9.17) is 9.26 Å². The lowest BCUT2D eigenvalue weighted by Gasteiger charge is -2.10. The van der Waals surface area contributed by atoms with E-state index in [0.717, 1.165) is 16.9 Å². The molecule has 0 saturated heterocycles. The van der Waals surface area contributed by atoms with Crippen molar-refractivity contribution in [3.8, 4) is 17.1 Å². The highest BCUT2D eigenvalue weighted by Crippen LogP contribution is 2.20. The van der Waals surface area contributed by atoms with Crippen LogP contribution in [-0.2, 0) is 17.8 Å². The summed E-state index contributed by atoms with van der Waals surface area (Å²) in [4.78, 5) is 29.9. The highest BCUT2D eigenvalue weighted by Gasteiger charge is 2.11. The molecule has 8 heteroatoms. The van der Waals surface area contributed by atoms with Crippen molar-refractivity contribution in [2.75, 3.05) is 21.2 Å². The Morgan fingerprint density at radius 3 is 2.40 bits per heavy atom. The van der Waals surface area contributed by atoms with E-state index in [-0.39, 0.29) is 18.2 Å². The Hall–Kier alpha value is -3.68. The molecule has 2 aromatic carbocycles. The van der Waals surface area contributed by atoms with Crippen molar-refractivity contribution >= 4 is 11.8 Å². The van der Waals surface area contributed by atoms with Gasteiger partial charge in [0.25, 0.3) is 5.91 Å². The minimum Gasteiger partial charge on any atom is -0.497 e. The molecule has 0 aliphatic rings. The van der Waals surface area contributed by atoms with Crippen molar-refractivity contribution in [1.29, 1.82) is 0 Å². The molecule has 0 aliphatic heterocycles. The van der Waals surface area contributed by atoms with Gasteiger partial charge in [0.2, 0.25) is 17.6 Å². The second-order valence-electron chi connectivity index (χ2n) is 6.91. The molecule has 0 aliphatic carbocycles. The van der Waals surface area contributed by atoms with Crippen LogP contribution in [0.5, 0.6) is 5.75 Å². The standard InChI is InChI=1S/C22H24N4O4/c1-26(2)22(28)17-6-4-15(5-7-17)14-23-19(27)12-13-20-24-21(25-30-20)16-8-10-18(29-3)11-9-16/h4-11H,12-14H2,1-3H3,(H,23,27). The minimum absolute atomic E-state index is 0.0563. The Kier molecular flexibility index (Phi) is 6.79. The monoisotopic (exact) mass is 408 g/mol. The smallest absolute Gasteiger partial charge is 0.253 e. The largest absolute Gasteiger partial charge is 0.497 e. The second kappa shape index (κ2) is 9.69. The number of hydrogen-bond acceptors (Lipinski definition) is 6. The van der Waals surface area contributed by atoms with E-state index in [9.17, 15) is 9.59 Å². The fourth-order valence-corrected chi connectivity index (χ4v) is 2.75. The van der Waals surface area contributed by atoms with Crippen LogP contribution in [-0.4, -0.2) is 48.1 Å². The molecule has 0 radical (unpaired) electrons. The molecule has 3 aromatic rings. The maximum Gasteiger partial charge on any atom is 0.253 e. The van der Waals surface area contributed by atoms with Crippen LogP contribution >= 0.6 is 0 Å². The molecule has 0 bridgehead atoms. The first-order chi connectivity index (χ1) is 14.5. The molecule has 1 heterocycles. The third-order valence-electron chi connectivity index (χ3n) is 4.48. The van der Waals surface area contributed by atoms with Crippen LogP contribution in [0.4, 0.5) is 0 Å². The lowest BCUT2D eigenvalue weighted by molar-refractivity contribution is -0.121. The average molecular weight is 408 g/mol. The molecule has 0 saturated carbocycles. The van der Waals surface area contributed by atoms with Gasteiger partial charge in [-0.3, -0.25) is 9.59 Å². The van der Waals surface area contributed by atoms with E-state index in [0.29, 0.717) is 30.2 Å². The minimum atomic E-state index is -0.118. The third kappa shape index (κ3) is 5.44. The normalized spacial score (nSPS) is 10.5. The molecule has 8 nitrogen and oxygen atoms in total. The summed E-state index contributed by atoms with van der Waals surface area (Å²) in [5.74, 6) is 1.45. The van der Waals surface area contributed by atoms with Gasteiger partial charge in [-0.2, -0.15) is 4.98 Å². The SMILES string of the molecule is COc1ccc(-c2noc(CCC(=O)NCc3ccc(C(=O)N(C)C)cc3)n2)cc1. The number of methoxy groups -OCH3 is 1. The van der Waals surface area contributed by atoms with Crippen LogP contribution in [0.1, 0.15) is 28.2 Å². The molecular weight excluding hydrogens is 384 g/mol. The Morgan fingerprint density at radius 2 is 1.77 bits per heavy atom. The molecule has 1 N–H and O–H groups in total. The number of aryl methyl sites for hydroxylation is 1. The van der Waals surface area contributed by atoms with Crippen LogP contribution in [0.15, 0.2) is 53.1 Å². The first-order valence-corrected chi connectivity index (χ1v) is 9.50. The summed E-state index contributed by atoms with van der Waals surface area (Å²) in [5.41, 5.74) is 2.34. The van der Waals surface area contributed by atoms with E-state index < -0.39 is 0 Å². The molecule has 0 atom stereocenters. The van der Waals surface area contributed by atoms with Crippen molar-refractivity contribution < 1.29 is 18.8 Å². The highest BCUT2D eigenvalue weighted by atomic mass is 16.5. The van der Waals surface area contributed by atoms with Crippen molar-refractivity contribution in [3.63, 3.8) is 0 Å². The fourth-order valence-electron chi connectivity index (χ4n) is 2.75. The lowest BCUT2D eigenvalue weighted by atomic mass is 10.1. The van der Waals surface area contributed by atoms with Gasteiger partial charge < -0.3 is 19.5 Å². The van der Waals surface area contributed by atoms with E-state index >= 15 is 0 Å². The number of hydrogen-bond donors (Lipinski definition) is 1. The van der Waals surface area contributed by atoms with E-state index in [1.807, 2.05) is 36.4 Å². The van der Waals surface area contributed by atoms with Gasteiger partial charge in [0.05, 0.1) is 7.11 Å². The summed E-state index contributed by atoms with van der Waals surface area (Å²) in [6, 6.07) is 14.5. The summed E-state index contributed by atoms with van der Waals surface area (Å²) in [6.45, 7) is 0.385. The number of ether oxygens (including phenoxy) is 1. The van der Waals surface area contributed by atoms with Crippen LogP contribution in [0.3, 0.4) is 0 Å². The molecule has 0 unspecified atom stereocenters. The predicted molar refractivity (Wildman–Crippen MR) is 111 cm³/mol. The third-order valence-corrected chi connectivity index (χ3v) is 4.48. The van der Waals surface area contributed by atoms with Gasteiger partial charge >= 0.3 is 0 Å². The second-order valence-corrected chi connectivity index (χ2v) is 6.91. The Labute approximate surface area is 174 Å². The number of carbonyl (C=O) groups excluding carboxylic acids is 2. The molecule has 2 amide bonds. The van der Waals surface area contributed by atoms with Gasteiger partial charge in [-0.25, -0.2) is 0 Å². The van der Waals surface area contributed by atoms with Gasteiger partial charge in [0.15, 0.2) is 0 Å². The quantitative estimate of drug-likeness (QED) is 0.615. The maximum absolute atomic E-state index is 12.1. The average Bonchev–Trinajstić information content (AvgIpc) is 3.25. The number of nitrogens with one attached hydrogen (secondary N) is 1. The van der Waals surface area contributed by atoms with E-state index in [2.05, 4.69) is 15.5 Å². The highest BCUT2D eigenvalue weighted by molar-refractivity contribution is 5.93. The van der Waals surface area contributed by atoms with Gasteiger partial charge in [-0.15, -0.1) is 0 Å². The van der Waals surface area contributed by atoms with Crippen LogP contribution in [0.2, 0.25) is 0 Å². The molecule has 156 valence electrons. The summed E-state index contributed by atoms with van der Waals surface area (Å²) in [6.07, 6.45) is 0.590. The van der Waals surface area contributed by atoms with Crippen molar-refractivity contribution in [2.24, 2.45) is 0 Å². The summed E-state index contributed by atoms with van der Waals surface area (Å²) >= 11 is 0. The van der Waals surface area contributed by atoms with Crippen LogP contribution < -0.4 is 10.1 Å². The van der Waals surface area contributed by atoms with Crippen LogP contribution in [0, 0.1) is 0 Å². The Bertz CT molecular complexity index is 995. The summed E-state index contributed by atoms with van der Waals surface area (Å²) in [5, 5.41) is 6.81. The van der Waals surface area contributed by atoms with Crippen molar-refractivity contribution in [2.45, 2.75) is 19.4 Å².